The van der Waals surface area contributed by atoms with Gasteiger partial charge >= 0.3 is 5.97 Å². The van der Waals surface area contributed by atoms with Gasteiger partial charge in [-0.3, -0.25) is 9.59 Å². The molecule has 1 saturated heterocycles. The highest BCUT2D eigenvalue weighted by Gasteiger charge is 2.43. The highest BCUT2D eigenvalue weighted by Crippen LogP contribution is 2.43. The van der Waals surface area contributed by atoms with Crippen LogP contribution < -0.4 is 5.32 Å². The molecular weight excluding hydrogens is 482 g/mol. The number of hydrogen-bond acceptors (Lipinski definition) is 5. The van der Waals surface area contributed by atoms with Crippen LogP contribution in [0.3, 0.4) is 0 Å². The molecule has 3 aromatic rings. The van der Waals surface area contributed by atoms with Crippen molar-refractivity contribution in [3.8, 4) is 0 Å². The Morgan fingerprint density at radius 2 is 1.84 bits per heavy atom. The predicted octanol–water partition coefficient (Wildman–Crippen LogP) is 6.40. The minimum atomic E-state index is -0.263. The van der Waals surface area contributed by atoms with E-state index in [1.165, 1.54) is 6.42 Å². The quantitative estimate of drug-likeness (QED) is 0.290. The van der Waals surface area contributed by atoms with E-state index in [4.69, 9.17) is 4.74 Å². The highest BCUT2D eigenvalue weighted by atomic mass is 32.2. The molecule has 194 valence electrons. The first-order valence-electron chi connectivity index (χ1n) is 13.2. The molecule has 6 nitrogen and oxygen atoms in total. The lowest BCUT2D eigenvalue weighted by molar-refractivity contribution is -0.143. The van der Waals surface area contributed by atoms with Gasteiger partial charge in [0, 0.05) is 33.9 Å². The number of benzene rings is 2. The van der Waals surface area contributed by atoms with Crippen LogP contribution in [0.1, 0.15) is 50.8 Å². The fourth-order valence-electron chi connectivity index (χ4n) is 5.68. The van der Waals surface area contributed by atoms with Crippen LogP contribution >= 0.6 is 11.8 Å². The molecule has 0 radical (unpaired) electrons. The third kappa shape index (κ3) is 5.14. The molecular formula is C30H35N3O3S. The molecule has 1 aliphatic carbocycles. The van der Waals surface area contributed by atoms with E-state index in [9.17, 15) is 9.59 Å². The standard InChI is InChI=1S/C30H35N3O3S/c1-4-36-28(34)19-32-21(3)24(23-15-9-11-17-26(23)32)18-27-29(35)33(25-16-10-8-12-20(25)2)30(37-27)31-22-13-6-5-7-14-22/h5-7,9,11,13-15,17-18,20,25,30-31H,4,8,10,12,16,19H2,1-3H3/b27-18-/t20-,25-,30?/m0/s1. The number of para-hydroxylation sites is 2. The van der Waals surface area contributed by atoms with Crippen molar-refractivity contribution in [2.24, 2.45) is 5.92 Å². The number of thioether (sulfide) groups is 1. The van der Waals surface area contributed by atoms with Gasteiger partial charge in [0.05, 0.1) is 11.5 Å². The summed E-state index contributed by atoms with van der Waals surface area (Å²) in [6, 6.07) is 18.4. The number of nitrogens with one attached hydrogen (secondary N) is 1. The monoisotopic (exact) mass is 517 g/mol. The van der Waals surface area contributed by atoms with Crippen LogP contribution in [0, 0.1) is 12.8 Å². The number of esters is 1. The van der Waals surface area contributed by atoms with Crippen molar-refractivity contribution >= 4 is 46.3 Å². The Morgan fingerprint density at radius 1 is 1.11 bits per heavy atom. The van der Waals surface area contributed by atoms with Gasteiger partial charge in [-0.2, -0.15) is 0 Å². The molecule has 37 heavy (non-hydrogen) atoms. The van der Waals surface area contributed by atoms with Crippen LogP contribution in [0.15, 0.2) is 59.5 Å². The lowest BCUT2D eigenvalue weighted by Crippen LogP contribution is -2.48. The summed E-state index contributed by atoms with van der Waals surface area (Å²) in [4.78, 5) is 29.2. The molecule has 1 unspecified atom stereocenters. The SMILES string of the molecule is CCOC(=O)Cn1c(C)c(/C=C2\SC(Nc3ccccc3)N([C@H]3CCCC[C@@H]3C)C2=O)c2ccccc21. The topological polar surface area (TPSA) is 63.6 Å². The zero-order valence-corrected chi connectivity index (χ0v) is 22.6. The molecule has 2 aliphatic rings. The molecule has 0 spiro atoms. The van der Waals surface area contributed by atoms with Gasteiger partial charge < -0.3 is 19.5 Å². The number of ether oxygens (including phenoxy) is 1. The van der Waals surface area contributed by atoms with E-state index < -0.39 is 0 Å². The number of aromatic nitrogens is 1. The number of carbonyl (C=O) groups excluding carboxylic acids is 2. The molecule has 0 bridgehead atoms. The van der Waals surface area contributed by atoms with Gasteiger partial charge in [0.25, 0.3) is 5.91 Å². The summed E-state index contributed by atoms with van der Waals surface area (Å²) in [6.07, 6.45) is 6.59. The molecule has 1 amide bonds. The Kier molecular flexibility index (Phi) is 7.60. The summed E-state index contributed by atoms with van der Waals surface area (Å²) in [7, 11) is 0. The molecule has 1 saturated carbocycles. The molecule has 2 fully saturated rings. The zero-order valence-electron chi connectivity index (χ0n) is 21.8. The van der Waals surface area contributed by atoms with Gasteiger partial charge in [0.2, 0.25) is 0 Å². The Bertz CT molecular complexity index is 1320. The molecule has 5 rings (SSSR count). The van der Waals surface area contributed by atoms with E-state index in [1.807, 2.05) is 73.0 Å². The van der Waals surface area contributed by atoms with Crippen molar-refractivity contribution in [1.82, 2.24) is 9.47 Å². The van der Waals surface area contributed by atoms with Crippen molar-refractivity contribution in [3.63, 3.8) is 0 Å². The fraction of sp³-hybridized carbons (Fsp3) is 0.400. The highest BCUT2D eigenvalue weighted by molar-refractivity contribution is 8.05. The number of anilines is 1. The van der Waals surface area contributed by atoms with Gasteiger partial charge in [-0.25, -0.2) is 0 Å². The molecule has 2 heterocycles. The largest absolute Gasteiger partial charge is 0.465 e. The summed E-state index contributed by atoms with van der Waals surface area (Å²) < 4.78 is 7.21. The number of carbonyl (C=O) groups is 2. The Labute approximate surface area is 223 Å². The van der Waals surface area contributed by atoms with Crippen LogP contribution in [0.2, 0.25) is 0 Å². The van der Waals surface area contributed by atoms with Gasteiger partial charge in [-0.1, -0.05) is 67.9 Å². The van der Waals surface area contributed by atoms with E-state index in [0.29, 0.717) is 12.5 Å². The van der Waals surface area contributed by atoms with E-state index in [-0.39, 0.29) is 30.0 Å². The Morgan fingerprint density at radius 3 is 2.59 bits per heavy atom. The molecule has 7 heteroatoms. The first-order valence-corrected chi connectivity index (χ1v) is 14.1. The van der Waals surface area contributed by atoms with Crippen molar-refractivity contribution in [1.29, 1.82) is 0 Å². The molecule has 3 atom stereocenters. The van der Waals surface area contributed by atoms with Crippen molar-refractivity contribution < 1.29 is 14.3 Å². The van der Waals surface area contributed by atoms with Crippen molar-refractivity contribution in [2.75, 3.05) is 11.9 Å². The molecule has 1 aliphatic heterocycles. The Balaban J connectivity index is 1.53. The van der Waals surface area contributed by atoms with Gasteiger partial charge in [0.15, 0.2) is 5.50 Å². The third-order valence-corrected chi connectivity index (χ3v) is 8.69. The average molecular weight is 518 g/mol. The van der Waals surface area contributed by atoms with Crippen molar-refractivity contribution in [3.05, 3.63) is 70.8 Å². The second kappa shape index (κ2) is 11.1. The predicted molar refractivity (Wildman–Crippen MR) is 151 cm³/mol. The van der Waals surface area contributed by atoms with Gasteiger partial charge in [-0.05, 0) is 56.9 Å². The molecule has 1 N–H and O–H groups in total. The van der Waals surface area contributed by atoms with Gasteiger partial charge in [-0.15, -0.1) is 0 Å². The van der Waals surface area contributed by atoms with Crippen molar-refractivity contribution in [2.45, 2.75) is 64.5 Å². The number of rotatable bonds is 7. The summed E-state index contributed by atoms with van der Waals surface area (Å²) in [5.74, 6) is 0.284. The van der Waals surface area contributed by atoms with Crippen LogP contribution in [-0.2, 0) is 20.9 Å². The zero-order chi connectivity index (χ0) is 25.9. The summed E-state index contributed by atoms with van der Waals surface area (Å²) in [5, 5.41) is 4.64. The summed E-state index contributed by atoms with van der Waals surface area (Å²) >= 11 is 1.59. The maximum Gasteiger partial charge on any atom is 0.325 e. The Hall–Kier alpha value is -3.19. The van der Waals surface area contributed by atoms with E-state index in [2.05, 4.69) is 23.2 Å². The second-order valence-electron chi connectivity index (χ2n) is 9.94. The molecule has 2 aromatic carbocycles. The van der Waals surface area contributed by atoms with Gasteiger partial charge in [0.1, 0.15) is 6.54 Å². The molecule has 1 aromatic heterocycles. The van der Waals surface area contributed by atoms with E-state index >= 15 is 0 Å². The smallest absolute Gasteiger partial charge is 0.325 e. The summed E-state index contributed by atoms with van der Waals surface area (Å²) in [6.45, 7) is 6.60. The maximum absolute atomic E-state index is 14.0. The number of amides is 1. The van der Waals surface area contributed by atoms with E-state index in [0.717, 1.165) is 52.0 Å². The normalized spacial score (nSPS) is 23.1. The third-order valence-electron chi connectivity index (χ3n) is 7.57. The minimum absolute atomic E-state index is 0.0822. The van der Waals surface area contributed by atoms with E-state index in [1.54, 1.807) is 11.8 Å². The maximum atomic E-state index is 14.0. The summed E-state index contributed by atoms with van der Waals surface area (Å²) in [5.41, 5.74) is 3.73. The van der Waals surface area contributed by atoms with Crippen LogP contribution in [-0.4, -0.2) is 39.5 Å². The number of nitrogens with zero attached hydrogens (tertiary/aromatic N) is 2. The van der Waals surface area contributed by atoms with Crippen LogP contribution in [0.4, 0.5) is 5.69 Å². The lowest BCUT2D eigenvalue weighted by atomic mass is 9.85. The minimum Gasteiger partial charge on any atom is -0.465 e. The van der Waals surface area contributed by atoms with Crippen LogP contribution in [0.25, 0.3) is 17.0 Å². The lowest BCUT2D eigenvalue weighted by Gasteiger charge is -2.39. The fourth-order valence-corrected chi connectivity index (χ4v) is 6.87. The first-order chi connectivity index (χ1) is 18.0. The number of fused-ring (bicyclic) bond motifs is 1. The second-order valence-corrected chi connectivity index (χ2v) is 11.1. The first kappa shape index (κ1) is 25.5. The number of hydrogen-bond donors (Lipinski definition) is 1. The average Bonchev–Trinajstić information content (AvgIpc) is 3.34. The van der Waals surface area contributed by atoms with Crippen LogP contribution in [0.5, 0.6) is 0 Å².